The molecular formula is C16H30N4O2. The zero-order chi connectivity index (χ0) is 16.1. The molecule has 2 aliphatic rings. The predicted octanol–water partition coefficient (Wildman–Crippen LogP) is 0.930. The number of aliphatic imine (C=N–C) groups is 1. The number of likely N-dealkylation sites (N-methyl/N-ethyl adjacent to an activating group) is 1. The van der Waals surface area contributed by atoms with Crippen LogP contribution in [-0.2, 0) is 9.53 Å². The van der Waals surface area contributed by atoms with Gasteiger partial charge in [-0.3, -0.25) is 14.7 Å². The normalized spacial score (nSPS) is 21.9. The van der Waals surface area contributed by atoms with E-state index in [2.05, 4.69) is 34.1 Å². The summed E-state index contributed by atoms with van der Waals surface area (Å²) in [5.74, 6) is 0.904. The van der Waals surface area contributed by atoms with Crippen LogP contribution in [0.4, 0.5) is 0 Å². The van der Waals surface area contributed by atoms with Crippen molar-refractivity contribution in [3.63, 3.8) is 0 Å². The Hall–Kier alpha value is -1.30. The second-order valence-corrected chi connectivity index (χ2v) is 6.46. The lowest BCUT2D eigenvalue weighted by Crippen LogP contribution is -2.50. The number of piperidine rings is 1. The molecule has 0 aromatic rings. The molecule has 6 nitrogen and oxygen atoms in total. The highest BCUT2D eigenvalue weighted by atomic mass is 16.5. The van der Waals surface area contributed by atoms with Gasteiger partial charge >= 0.3 is 5.97 Å². The van der Waals surface area contributed by atoms with E-state index < -0.39 is 0 Å². The smallest absolute Gasteiger partial charge is 0.308 e. The average Bonchev–Trinajstić information content (AvgIpc) is 3.39. The fraction of sp³-hybridized carbons (Fsp3) is 0.875. The quantitative estimate of drug-likeness (QED) is 0.465. The summed E-state index contributed by atoms with van der Waals surface area (Å²) in [6.07, 6.45) is 4.34. The monoisotopic (exact) mass is 310 g/mol. The van der Waals surface area contributed by atoms with Crippen LogP contribution >= 0.6 is 0 Å². The zero-order valence-electron chi connectivity index (χ0n) is 14.3. The van der Waals surface area contributed by atoms with Crippen molar-refractivity contribution in [3.05, 3.63) is 0 Å². The van der Waals surface area contributed by atoms with Gasteiger partial charge in [-0.15, -0.1) is 0 Å². The second kappa shape index (κ2) is 7.81. The maximum Gasteiger partial charge on any atom is 0.308 e. The summed E-state index contributed by atoms with van der Waals surface area (Å²) >= 11 is 0. The van der Waals surface area contributed by atoms with Crippen LogP contribution in [0.1, 0.15) is 32.6 Å². The number of carbonyl (C=O) groups is 1. The van der Waals surface area contributed by atoms with Gasteiger partial charge in [0.1, 0.15) is 0 Å². The zero-order valence-corrected chi connectivity index (χ0v) is 14.3. The van der Waals surface area contributed by atoms with Gasteiger partial charge in [-0.25, -0.2) is 0 Å². The molecule has 0 bridgehead atoms. The minimum Gasteiger partial charge on any atom is -0.469 e. The highest BCUT2D eigenvalue weighted by Gasteiger charge is 2.30. The largest absolute Gasteiger partial charge is 0.469 e. The number of nitrogens with zero attached hydrogens (tertiary/aromatic N) is 3. The Morgan fingerprint density at radius 3 is 2.50 bits per heavy atom. The molecule has 2 rings (SSSR count). The number of ether oxygens (including phenoxy) is 1. The van der Waals surface area contributed by atoms with Crippen molar-refractivity contribution in [3.8, 4) is 0 Å². The van der Waals surface area contributed by atoms with Crippen LogP contribution in [0.25, 0.3) is 0 Å². The van der Waals surface area contributed by atoms with E-state index in [1.807, 2.05) is 7.05 Å². The van der Waals surface area contributed by atoms with Gasteiger partial charge in [0.2, 0.25) is 0 Å². The first-order valence-corrected chi connectivity index (χ1v) is 8.32. The van der Waals surface area contributed by atoms with Gasteiger partial charge in [-0.05, 0) is 39.7 Å². The number of nitrogens with one attached hydrogen (secondary N) is 1. The molecular weight excluding hydrogens is 280 g/mol. The summed E-state index contributed by atoms with van der Waals surface area (Å²) in [4.78, 5) is 20.7. The van der Waals surface area contributed by atoms with Crippen molar-refractivity contribution in [2.45, 2.75) is 44.7 Å². The molecule has 126 valence electrons. The van der Waals surface area contributed by atoms with E-state index in [0.717, 1.165) is 44.5 Å². The maximum atomic E-state index is 11.6. The van der Waals surface area contributed by atoms with E-state index in [-0.39, 0.29) is 11.9 Å². The molecule has 1 saturated heterocycles. The Bertz CT molecular complexity index is 401. The Balaban J connectivity index is 1.76. The van der Waals surface area contributed by atoms with E-state index in [9.17, 15) is 4.79 Å². The molecule has 1 unspecified atom stereocenters. The van der Waals surface area contributed by atoms with Crippen LogP contribution < -0.4 is 5.32 Å². The number of hydrogen-bond acceptors (Lipinski definition) is 4. The Labute approximate surface area is 133 Å². The Kier molecular flexibility index (Phi) is 6.06. The van der Waals surface area contributed by atoms with Gasteiger partial charge in [0.05, 0.1) is 13.0 Å². The van der Waals surface area contributed by atoms with Crippen LogP contribution in [0.2, 0.25) is 0 Å². The number of carbonyl (C=O) groups excluding carboxylic acids is 1. The fourth-order valence-electron chi connectivity index (χ4n) is 3.05. The molecule has 0 radical (unpaired) electrons. The first-order valence-electron chi connectivity index (χ1n) is 8.32. The molecule has 1 aliphatic heterocycles. The molecule has 22 heavy (non-hydrogen) atoms. The maximum absolute atomic E-state index is 11.6. The van der Waals surface area contributed by atoms with Crippen molar-refractivity contribution in [1.29, 1.82) is 0 Å². The number of methoxy groups -OCH3 is 1. The Morgan fingerprint density at radius 1 is 1.36 bits per heavy atom. The van der Waals surface area contributed by atoms with E-state index in [1.54, 1.807) is 0 Å². The lowest BCUT2D eigenvalue weighted by Gasteiger charge is -2.34. The van der Waals surface area contributed by atoms with Crippen LogP contribution in [0.3, 0.4) is 0 Å². The second-order valence-electron chi connectivity index (χ2n) is 6.46. The van der Waals surface area contributed by atoms with Crippen molar-refractivity contribution < 1.29 is 9.53 Å². The fourth-order valence-corrected chi connectivity index (χ4v) is 3.05. The third-order valence-electron chi connectivity index (χ3n) is 4.91. The molecule has 1 aliphatic carbocycles. The molecule has 1 N–H and O–H groups in total. The summed E-state index contributed by atoms with van der Waals surface area (Å²) < 4.78 is 4.84. The van der Waals surface area contributed by atoms with E-state index in [4.69, 9.17) is 4.74 Å². The summed E-state index contributed by atoms with van der Waals surface area (Å²) in [6.45, 7) is 4.86. The lowest BCUT2D eigenvalue weighted by molar-refractivity contribution is -0.146. The first-order chi connectivity index (χ1) is 10.6. The summed E-state index contributed by atoms with van der Waals surface area (Å²) in [7, 11) is 5.49. The van der Waals surface area contributed by atoms with Gasteiger partial charge in [0.25, 0.3) is 0 Å². The number of esters is 1. The van der Waals surface area contributed by atoms with Gasteiger partial charge in [0, 0.05) is 38.8 Å². The molecule has 1 heterocycles. The molecule has 1 saturated carbocycles. The molecule has 0 aromatic heterocycles. The summed E-state index contributed by atoms with van der Waals surface area (Å²) in [5, 5.41) is 3.48. The summed E-state index contributed by atoms with van der Waals surface area (Å²) in [6, 6.07) is 1.27. The van der Waals surface area contributed by atoms with Crippen LogP contribution in [0.5, 0.6) is 0 Å². The van der Waals surface area contributed by atoms with E-state index in [1.165, 1.54) is 20.0 Å². The van der Waals surface area contributed by atoms with Crippen molar-refractivity contribution in [2.24, 2.45) is 10.9 Å². The molecule has 0 aromatic carbocycles. The van der Waals surface area contributed by atoms with Crippen molar-refractivity contribution in [1.82, 2.24) is 15.1 Å². The average molecular weight is 310 g/mol. The highest BCUT2D eigenvalue weighted by Crippen LogP contribution is 2.26. The van der Waals surface area contributed by atoms with E-state index in [0.29, 0.717) is 6.04 Å². The SMILES string of the molecule is CN=C(NCC(C)N(C)C1CC1)N1CCC(C(=O)OC)CC1. The summed E-state index contributed by atoms with van der Waals surface area (Å²) in [5.41, 5.74) is 0. The lowest BCUT2D eigenvalue weighted by atomic mass is 9.97. The van der Waals surface area contributed by atoms with Crippen LogP contribution in [0.15, 0.2) is 4.99 Å². The third kappa shape index (κ3) is 4.35. The van der Waals surface area contributed by atoms with Crippen molar-refractivity contribution in [2.75, 3.05) is 40.8 Å². The molecule has 1 atom stereocenters. The molecule has 0 amide bonds. The number of guanidine groups is 1. The molecule has 0 spiro atoms. The number of rotatable bonds is 5. The molecule has 2 fully saturated rings. The minimum atomic E-state index is -0.0812. The topological polar surface area (TPSA) is 57.2 Å². The third-order valence-corrected chi connectivity index (χ3v) is 4.91. The first kappa shape index (κ1) is 17.1. The highest BCUT2D eigenvalue weighted by molar-refractivity contribution is 5.80. The predicted molar refractivity (Wildman–Crippen MR) is 87.9 cm³/mol. The minimum absolute atomic E-state index is 0.0410. The van der Waals surface area contributed by atoms with Gasteiger partial charge < -0.3 is 15.0 Å². The van der Waals surface area contributed by atoms with Crippen LogP contribution in [0, 0.1) is 5.92 Å². The van der Waals surface area contributed by atoms with Gasteiger partial charge in [0.15, 0.2) is 5.96 Å². The van der Waals surface area contributed by atoms with Gasteiger partial charge in [-0.2, -0.15) is 0 Å². The van der Waals surface area contributed by atoms with Gasteiger partial charge in [-0.1, -0.05) is 0 Å². The standard InChI is InChI=1S/C16H30N4O2/c1-12(19(3)14-5-6-14)11-18-16(17-2)20-9-7-13(8-10-20)15(21)22-4/h12-14H,5-11H2,1-4H3,(H,17,18). The number of likely N-dealkylation sites (tertiary alicyclic amines) is 1. The Morgan fingerprint density at radius 2 is 2.00 bits per heavy atom. The van der Waals surface area contributed by atoms with E-state index >= 15 is 0 Å². The molecule has 6 heteroatoms. The van der Waals surface area contributed by atoms with Crippen LogP contribution in [-0.4, -0.2) is 74.7 Å². The number of hydrogen-bond donors (Lipinski definition) is 1. The van der Waals surface area contributed by atoms with Crippen molar-refractivity contribution >= 4 is 11.9 Å².